The largest absolute Gasteiger partial charge is 0.381 e. The van der Waals surface area contributed by atoms with E-state index < -0.39 is 0 Å². The quantitative estimate of drug-likeness (QED) is 0.245. The van der Waals surface area contributed by atoms with Crippen LogP contribution in [-0.4, -0.2) is 13.2 Å². The van der Waals surface area contributed by atoms with Gasteiger partial charge in [0.25, 0.3) is 0 Å². The molecule has 1 nitrogen and oxygen atoms in total. The summed E-state index contributed by atoms with van der Waals surface area (Å²) in [6.07, 6.45) is 22.0. The van der Waals surface area contributed by atoms with Gasteiger partial charge < -0.3 is 4.74 Å². The molecule has 21 heavy (non-hydrogen) atoms. The van der Waals surface area contributed by atoms with Crippen molar-refractivity contribution < 1.29 is 4.74 Å². The Hall–Kier alpha value is -0.0400. The molecule has 0 N–H and O–H groups in total. The average Bonchev–Trinajstić information content (AvgIpc) is 2.50. The van der Waals surface area contributed by atoms with Gasteiger partial charge in [0.05, 0.1) is 0 Å². The van der Waals surface area contributed by atoms with Gasteiger partial charge in [-0.2, -0.15) is 0 Å². The van der Waals surface area contributed by atoms with E-state index in [4.69, 9.17) is 4.74 Å². The monoisotopic (exact) mass is 297 g/mol. The van der Waals surface area contributed by atoms with Crippen molar-refractivity contribution in [1.29, 1.82) is 0 Å². The van der Waals surface area contributed by atoms with Crippen LogP contribution in [0.2, 0.25) is 0 Å². The summed E-state index contributed by atoms with van der Waals surface area (Å²) in [5, 5.41) is 0. The molecule has 1 heteroatoms. The maximum atomic E-state index is 5.54. The Labute approximate surface area is 135 Å². The van der Waals surface area contributed by atoms with E-state index in [2.05, 4.69) is 13.8 Å². The second-order valence-corrected chi connectivity index (χ2v) is 6.42. The standard InChI is InChI=1S/C20H41O/c1-3-5-7-8-9-10-11-12-13-14-15-16-17-18-20-21-19-6-4-2/h2-20H2,1H3. The molecule has 0 heterocycles. The van der Waals surface area contributed by atoms with Crippen LogP contribution in [-0.2, 0) is 4.74 Å². The van der Waals surface area contributed by atoms with Crippen LogP contribution in [0.5, 0.6) is 0 Å². The number of unbranched alkanes of at least 4 members (excludes halogenated alkanes) is 14. The highest BCUT2D eigenvalue weighted by Gasteiger charge is 1.94. The highest BCUT2D eigenvalue weighted by atomic mass is 16.5. The van der Waals surface area contributed by atoms with Gasteiger partial charge in [-0.1, -0.05) is 104 Å². The van der Waals surface area contributed by atoms with Crippen LogP contribution in [0, 0.1) is 6.92 Å². The fourth-order valence-corrected chi connectivity index (χ4v) is 2.70. The van der Waals surface area contributed by atoms with E-state index in [-0.39, 0.29) is 0 Å². The van der Waals surface area contributed by atoms with Crippen molar-refractivity contribution >= 4 is 0 Å². The zero-order chi connectivity index (χ0) is 15.4. The predicted molar refractivity (Wildman–Crippen MR) is 95.7 cm³/mol. The van der Waals surface area contributed by atoms with Crippen molar-refractivity contribution in [1.82, 2.24) is 0 Å². The summed E-state index contributed by atoms with van der Waals surface area (Å²) in [5.41, 5.74) is 0. The van der Waals surface area contributed by atoms with Crippen LogP contribution in [0.4, 0.5) is 0 Å². The first-order valence-corrected chi connectivity index (χ1v) is 9.78. The number of hydrogen-bond donors (Lipinski definition) is 0. The molecule has 0 amide bonds. The molecule has 0 saturated heterocycles. The van der Waals surface area contributed by atoms with Gasteiger partial charge in [0.2, 0.25) is 0 Å². The zero-order valence-electron chi connectivity index (χ0n) is 14.8. The fraction of sp³-hybridized carbons (Fsp3) is 0.950. The van der Waals surface area contributed by atoms with E-state index in [1.807, 2.05) is 0 Å². The van der Waals surface area contributed by atoms with Crippen molar-refractivity contribution in [2.24, 2.45) is 0 Å². The van der Waals surface area contributed by atoms with E-state index in [1.165, 1.54) is 89.9 Å². The van der Waals surface area contributed by atoms with Crippen LogP contribution in [0.3, 0.4) is 0 Å². The lowest BCUT2D eigenvalue weighted by atomic mass is 10.0. The molecule has 0 spiro atoms. The summed E-state index contributed by atoms with van der Waals surface area (Å²) < 4.78 is 5.54. The minimum Gasteiger partial charge on any atom is -0.381 e. The molecular weight excluding hydrogens is 256 g/mol. The molecule has 0 aliphatic rings. The lowest BCUT2D eigenvalue weighted by molar-refractivity contribution is 0.128. The van der Waals surface area contributed by atoms with Gasteiger partial charge in [-0.25, -0.2) is 0 Å². The molecule has 0 fully saturated rings. The summed E-state index contributed by atoms with van der Waals surface area (Å²) in [5.74, 6) is 0. The number of ether oxygens (including phenoxy) is 1. The smallest absolute Gasteiger partial charge is 0.0466 e. The Balaban J connectivity index is 2.90. The number of rotatable bonds is 18. The topological polar surface area (TPSA) is 9.23 Å². The van der Waals surface area contributed by atoms with E-state index in [0.717, 1.165) is 26.1 Å². The summed E-state index contributed by atoms with van der Waals surface area (Å²) in [4.78, 5) is 0. The van der Waals surface area contributed by atoms with Gasteiger partial charge in [-0.3, -0.25) is 0 Å². The van der Waals surface area contributed by atoms with Crippen molar-refractivity contribution in [3.63, 3.8) is 0 Å². The Bertz CT molecular complexity index is 149. The Morgan fingerprint density at radius 1 is 0.524 bits per heavy atom. The van der Waals surface area contributed by atoms with Crippen LogP contribution in [0.1, 0.15) is 110 Å². The molecule has 0 atom stereocenters. The average molecular weight is 298 g/mol. The molecule has 0 saturated carbocycles. The minimum absolute atomic E-state index is 0.905. The highest BCUT2D eigenvalue weighted by molar-refractivity contribution is 4.49. The molecule has 0 aromatic heterocycles. The third-order valence-electron chi connectivity index (χ3n) is 4.18. The fourth-order valence-electron chi connectivity index (χ4n) is 2.70. The van der Waals surface area contributed by atoms with Gasteiger partial charge in [-0.15, -0.1) is 0 Å². The predicted octanol–water partition coefficient (Wildman–Crippen LogP) is 7.10. The van der Waals surface area contributed by atoms with Crippen molar-refractivity contribution in [2.75, 3.05) is 13.2 Å². The first-order valence-electron chi connectivity index (χ1n) is 9.78. The van der Waals surface area contributed by atoms with Crippen molar-refractivity contribution in [3.8, 4) is 0 Å². The molecule has 0 unspecified atom stereocenters. The van der Waals surface area contributed by atoms with Gasteiger partial charge in [0.1, 0.15) is 0 Å². The van der Waals surface area contributed by atoms with E-state index >= 15 is 0 Å². The lowest BCUT2D eigenvalue weighted by Crippen LogP contribution is -1.96. The molecule has 127 valence electrons. The van der Waals surface area contributed by atoms with Gasteiger partial charge in [0.15, 0.2) is 0 Å². The minimum atomic E-state index is 0.905. The Morgan fingerprint density at radius 2 is 0.905 bits per heavy atom. The van der Waals surface area contributed by atoms with Crippen molar-refractivity contribution in [3.05, 3.63) is 6.92 Å². The summed E-state index contributed by atoms with van der Waals surface area (Å²) in [6.45, 7) is 7.97. The first kappa shape index (κ1) is 21.0. The van der Waals surface area contributed by atoms with Gasteiger partial charge >= 0.3 is 0 Å². The third-order valence-corrected chi connectivity index (χ3v) is 4.18. The highest BCUT2D eigenvalue weighted by Crippen LogP contribution is 2.12. The third kappa shape index (κ3) is 20.0. The first-order chi connectivity index (χ1) is 10.4. The zero-order valence-corrected chi connectivity index (χ0v) is 14.8. The number of hydrogen-bond acceptors (Lipinski definition) is 1. The summed E-state index contributed by atoms with van der Waals surface area (Å²) >= 11 is 0. The van der Waals surface area contributed by atoms with Crippen molar-refractivity contribution in [2.45, 2.75) is 110 Å². The summed E-state index contributed by atoms with van der Waals surface area (Å²) in [6, 6.07) is 0. The molecule has 0 bridgehead atoms. The molecule has 1 radical (unpaired) electrons. The van der Waals surface area contributed by atoms with Gasteiger partial charge in [0, 0.05) is 13.2 Å². The van der Waals surface area contributed by atoms with E-state index in [9.17, 15) is 0 Å². The van der Waals surface area contributed by atoms with Crippen LogP contribution < -0.4 is 0 Å². The van der Waals surface area contributed by atoms with Crippen LogP contribution in [0.15, 0.2) is 0 Å². The maximum Gasteiger partial charge on any atom is 0.0466 e. The van der Waals surface area contributed by atoms with Crippen LogP contribution >= 0.6 is 0 Å². The normalized spacial score (nSPS) is 11.1. The molecule has 0 aromatic carbocycles. The molecule has 0 aliphatic heterocycles. The van der Waals surface area contributed by atoms with E-state index in [1.54, 1.807) is 0 Å². The van der Waals surface area contributed by atoms with Gasteiger partial charge in [-0.05, 0) is 12.8 Å². The second kappa shape index (κ2) is 20.0. The summed E-state index contributed by atoms with van der Waals surface area (Å²) in [7, 11) is 0. The molecule has 0 aliphatic carbocycles. The Morgan fingerprint density at radius 3 is 1.33 bits per heavy atom. The van der Waals surface area contributed by atoms with Crippen LogP contribution in [0.25, 0.3) is 0 Å². The lowest BCUT2D eigenvalue weighted by Gasteiger charge is -2.04. The molecule has 0 aromatic rings. The SMILES string of the molecule is [CH2]CCCOCCCCCCCCCCCCCCCC. The second-order valence-electron chi connectivity index (χ2n) is 6.42. The molecular formula is C20H41O. The molecule has 0 rings (SSSR count). The Kier molecular flexibility index (Phi) is 19.9. The maximum absolute atomic E-state index is 5.54. The van der Waals surface area contributed by atoms with E-state index in [0.29, 0.717) is 0 Å².